The molecule has 2 saturated heterocycles. The number of carbonyl (C=O) groups is 2. The van der Waals surface area contributed by atoms with Crippen molar-refractivity contribution in [1.29, 1.82) is 0 Å². The fourth-order valence-electron chi connectivity index (χ4n) is 4.94. The molecule has 0 saturated carbocycles. The molecular formula is C25H28Cl2N6O4S. The van der Waals surface area contributed by atoms with Crippen molar-refractivity contribution in [2.75, 3.05) is 49.2 Å². The summed E-state index contributed by atoms with van der Waals surface area (Å²) in [6.07, 6.45) is 4.36. The standard InChI is InChI=1S/C25H28Cl2N6O4S/c1-13-12-33(4-3-15(13)9-17(34)22-20(27)19(26)14(2)30-22)25-31-21(23(38-25)24(35)36)16-10-29-18(11-28-16)32-5-7-37-8-6-32/h10-11,13,15,30H,3-9,12H2,1-2H3,(H,35,36)/t13-,15-/m0/s1. The number of nitrogens with zero attached hydrogens (tertiary/aromatic N) is 5. The van der Waals surface area contributed by atoms with E-state index in [1.165, 1.54) is 0 Å². The smallest absolute Gasteiger partial charge is 0.348 e. The summed E-state index contributed by atoms with van der Waals surface area (Å²) in [6, 6.07) is 0. The van der Waals surface area contributed by atoms with Gasteiger partial charge in [0.25, 0.3) is 0 Å². The minimum atomic E-state index is -1.05. The van der Waals surface area contributed by atoms with E-state index < -0.39 is 5.97 Å². The monoisotopic (exact) mass is 578 g/mol. The van der Waals surface area contributed by atoms with Gasteiger partial charge in [0, 0.05) is 38.3 Å². The van der Waals surface area contributed by atoms with Crippen molar-refractivity contribution in [1.82, 2.24) is 19.9 Å². The van der Waals surface area contributed by atoms with E-state index in [9.17, 15) is 14.7 Å². The fraction of sp³-hybridized carbons (Fsp3) is 0.480. The zero-order valence-corrected chi connectivity index (χ0v) is 23.4. The number of hydrogen-bond donors (Lipinski definition) is 2. The number of ketones is 1. The highest BCUT2D eigenvalue weighted by molar-refractivity contribution is 7.17. The van der Waals surface area contributed by atoms with E-state index in [4.69, 9.17) is 27.9 Å². The van der Waals surface area contributed by atoms with E-state index in [2.05, 4.69) is 36.7 Å². The minimum Gasteiger partial charge on any atom is -0.477 e. The van der Waals surface area contributed by atoms with Gasteiger partial charge in [-0.25, -0.2) is 19.7 Å². The molecule has 0 radical (unpaired) electrons. The number of aromatic carboxylic acids is 1. The predicted octanol–water partition coefficient (Wildman–Crippen LogP) is 4.81. The Hall–Kier alpha value is -2.73. The van der Waals surface area contributed by atoms with Crippen LogP contribution in [-0.2, 0) is 4.74 Å². The van der Waals surface area contributed by atoms with E-state index in [0.29, 0.717) is 65.7 Å². The van der Waals surface area contributed by atoms with Gasteiger partial charge in [-0.15, -0.1) is 0 Å². The van der Waals surface area contributed by atoms with Crippen molar-refractivity contribution in [2.24, 2.45) is 11.8 Å². The molecule has 38 heavy (non-hydrogen) atoms. The largest absolute Gasteiger partial charge is 0.477 e. The van der Waals surface area contributed by atoms with Crippen LogP contribution in [0.2, 0.25) is 10.0 Å². The molecule has 3 aromatic heterocycles. The van der Waals surface area contributed by atoms with Gasteiger partial charge >= 0.3 is 5.97 Å². The van der Waals surface area contributed by atoms with Crippen molar-refractivity contribution in [2.45, 2.75) is 26.7 Å². The molecule has 0 amide bonds. The first-order valence-electron chi connectivity index (χ1n) is 12.4. The number of H-pyrrole nitrogens is 1. The maximum absolute atomic E-state index is 12.9. The zero-order valence-electron chi connectivity index (χ0n) is 21.0. The molecule has 202 valence electrons. The number of rotatable bonds is 7. The second-order valence-electron chi connectivity index (χ2n) is 9.69. The lowest BCUT2D eigenvalue weighted by atomic mass is 9.83. The van der Waals surface area contributed by atoms with Gasteiger partial charge in [0.05, 0.1) is 35.7 Å². The van der Waals surface area contributed by atoms with E-state index in [-0.39, 0.29) is 27.5 Å². The summed E-state index contributed by atoms with van der Waals surface area (Å²) < 4.78 is 5.38. The molecule has 13 heteroatoms. The van der Waals surface area contributed by atoms with Crippen molar-refractivity contribution in [3.63, 3.8) is 0 Å². The Kier molecular flexibility index (Phi) is 7.90. The highest BCUT2D eigenvalue weighted by Crippen LogP contribution is 2.37. The number of aromatic nitrogens is 4. The van der Waals surface area contributed by atoms with Crippen LogP contribution in [0.25, 0.3) is 11.4 Å². The third-order valence-electron chi connectivity index (χ3n) is 7.16. The van der Waals surface area contributed by atoms with Crippen LogP contribution in [0.1, 0.15) is 45.6 Å². The summed E-state index contributed by atoms with van der Waals surface area (Å²) in [6.45, 7) is 7.95. The molecule has 2 fully saturated rings. The number of aromatic amines is 1. The Balaban J connectivity index is 1.29. The highest BCUT2D eigenvalue weighted by Gasteiger charge is 2.32. The number of aryl methyl sites for hydroxylation is 1. The highest BCUT2D eigenvalue weighted by atomic mass is 35.5. The number of carboxylic acid groups (broad SMARTS) is 1. The van der Waals surface area contributed by atoms with Crippen LogP contribution in [0.5, 0.6) is 0 Å². The number of nitrogens with one attached hydrogen (secondary N) is 1. The molecule has 2 N–H and O–H groups in total. The molecule has 0 spiro atoms. The van der Waals surface area contributed by atoms with Crippen LogP contribution >= 0.6 is 34.5 Å². The van der Waals surface area contributed by atoms with Gasteiger partial charge in [-0.1, -0.05) is 41.5 Å². The summed E-state index contributed by atoms with van der Waals surface area (Å²) in [4.78, 5) is 45.9. The molecule has 0 aliphatic carbocycles. The molecule has 0 bridgehead atoms. The lowest BCUT2D eigenvalue weighted by Gasteiger charge is -2.36. The summed E-state index contributed by atoms with van der Waals surface area (Å²) in [5.41, 5.74) is 1.78. The van der Waals surface area contributed by atoms with Crippen LogP contribution < -0.4 is 9.80 Å². The molecule has 2 atom stereocenters. The Morgan fingerprint density at radius 2 is 1.92 bits per heavy atom. The number of hydrogen-bond acceptors (Lipinski definition) is 9. The van der Waals surface area contributed by atoms with Gasteiger partial charge in [-0.05, 0) is 25.2 Å². The molecule has 2 aliphatic rings. The topological polar surface area (TPSA) is 125 Å². The average Bonchev–Trinajstić information content (AvgIpc) is 3.48. The molecular weight excluding hydrogens is 551 g/mol. The summed E-state index contributed by atoms with van der Waals surface area (Å²) >= 11 is 13.5. The van der Waals surface area contributed by atoms with Gasteiger partial charge in [0.2, 0.25) is 0 Å². The van der Waals surface area contributed by atoms with Crippen LogP contribution in [0.3, 0.4) is 0 Å². The molecule has 5 heterocycles. The third-order valence-corrected chi connectivity index (χ3v) is 9.21. The summed E-state index contributed by atoms with van der Waals surface area (Å²) in [5, 5.41) is 11.1. The van der Waals surface area contributed by atoms with Crippen LogP contribution in [0.4, 0.5) is 10.9 Å². The van der Waals surface area contributed by atoms with Gasteiger partial charge in [0.15, 0.2) is 10.9 Å². The second-order valence-corrected chi connectivity index (χ2v) is 11.4. The number of halogens is 2. The maximum Gasteiger partial charge on any atom is 0.348 e. The molecule has 0 unspecified atom stereocenters. The first kappa shape index (κ1) is 26.9. The minimum absolute atomic E-state index is 0.0564. The fourth-order valence-corrected chi connectivity index (χ4v) is 6.32. The van der Waals surface area contributed by atoms with E-state index in [1.54, 1.807) is 19.3 Å². The Morgan fingerprint density at radius 3 is 2.53 bits per heavy atom. The maximum atomic E-state index is 12.9. The number of thiazole rings is 1. The Morgan fingerprint density at radius 1 is 1.16 bits per heavy atom. The Bertz CT molecular complexity index is 1340. The number of carbonyl (C=O) groups excluding carboxylic acids is 1. The third kappa shape index (κ3) is 5.38. The number of carboxylic acids is 1. The van der Waals surface area contributed by atoms with Crippen molar-refractivity contribution in [3.8, 4) is 11.4 Å². The number of ether oxygens (including phenoxy) is 1. The molecule has 2 aliphatic heterocycles. The molecule has 10 nitrogen and oxygen atoms in total. The van der Waals surface area contributed by atoms with Gasteiger partial charge in [0.1, 0.15) is 27.8 Å². The summed E-state index contributed by atoms with van der Waals surface area (Å²) in [7, 11) is 0. The predicted molar refractivity (Wildman–Crippen MR) is 147 cm³/mol. The van der Waals surface area contributed by atoms with Crippen molar-refractivity contribution < 1.29 is 19.4 Å². The van der Waals surface area contributed by atoms with Crippen LogP contribution in [-0.4, -0.2) is 76.2 Å². The molecule has 5 rings (SSSR count). The van der Waals surface area contributed by atoms with Crippen LogP contribution in [0, 0.1) is 18.8 Å². The molecule has 0 aromatic carbocycles. The first-order valence-corrected chi connectivity index (χ1v) is 14.0. The zero-order chi connectivity index (χ0) is 27.0. The van der Waals surface area contributed by atoms with Gasteiger partial charge < -0.3 is 24.6 Å². The van der Waals surface area contributed by atoms with Gasteiger partial charge in [-0.3, -0.25) is 4.79 Å². The number of anilines is 2. The Labute approximate surface area is 234 Å². The van der Waals surface area contributed by atoms with Gasteiger partial charge in [-0.2, -0.15) is 0 Å². The second kappa shape index (κ2) is 11.2. The SMILES string of the molecule is Cc1[nH]c(C(=O)C[C@@H]2CCN(c3nc(-c4cnc(N5CCOCC5)cn4)c(C(=O)O)s3)C[C@@H]2C)c(Cl)c1Cl. The van der Waals surface area contributed by atoms with E-state index in [1.807, 2.05) is 0 Å². The lowest BCUT2D eigenvalue weighted by Crippen LogP contribution is -2.40. The number of morpholine rings is 1. The molecule has 3 aromatic rings. The van der Waals surface area contributed by atoms with E-state index >= 15 is 0 Å². The number of piperidine rings is 1. The summed E-state index contributed by atoms with van der Waals surface area (Å²) in [5.74, 6) is -0.0273. The van der Waals surface area contributed by atoms with Crippen molar-refractivity contribution in [3.05, 3.63) is 38.7 Å². The average molecular weight is 580 g/mol. The first-order chi connectivity index (χ1) is 18.2. The number of Topliss-reactive ketones (excluding diaryl/α,β-unsaturated/α-hetero) is 1. The normalized spacial score (nSPS) is 20.1. The lowest BCUT2D eigenvalue weighted by molar-refractivity contribution is 0.0702. The van der Waals surface area contributed by atoms with Crippen molar-refractivity contribution >= 4 is 57.2 Å². The van der Waals surface area contributed by atoms with Crippen LogP contribution in [0.15, 0.2) is 12.4 Å². The quantitative estimate of drug-likeness (QED) is 0.380. The van der Waals surface area contributed by atoms with E-state index in [0.717, 1.165) is 36.7 Å².